The Hall–Kier alpha value is -3.18. The summed E-state index contributed by atoms with van der Waals surface area (Å²) in [7, 11) is 0. The molecule has 29 heavy (non-hydrogen) atoms. The van der Waals surface area contributed by atoms with Crippen LogP contribution in [0.25, 0.3) is 16.5 Å². The largest absolute Gasteiger partial charge is 0.362 e. The van der Waals surface area contributed by atoms with E-state index in [1.54, 1.807) is 10.6 Å². The normalized spacial score (nSPS) is 12.1. The summed E-state index contributed by atoms with van der Waals surface area (Å²) in [6, 6.07) is 18.8. The Morgan fingerprint density at radius 1 is 1.00 bits per heavy atom. The van der Waals surface area contributed by atoms with Crippen LogP contribution in [-0.4, -0.2) is 14.5 Å². The van der Waals surface area contributed by atoms with Crippen molar-refractivity contribution in [3.63, 3.8) is 0 Å². The van der Waals surface area contributed by atoms with Gasteiger partial charge in [0.25, 0.3) is 5.56 Å². The quantitative estimate of drug-likeness (QED) is 0.506. The molecule has 1 atom stereocenters. The fraction of sp³-hybridized carbons (Fsp3) is 0.174. The number of hydrogen-bond donors (Lipinski definition) is 1. The average Bonchev–Trinajstić information content (AvgIpc) is 2.67. The van der Waals surface area contributed by atoms with Gasteiger partial charge in [-0.15, -0.1) is 0 Å². The van der Waals surface area contributed by atoms with Gasteiger partial charge in [-0.05, 0) is 50.4 Å². The molecule has 0 radical (unpaired) electrons. The fourth-order valence-electron chi connectivity index (χ4n) is 3.59. The number of nitrogens with zero attached hydrogens (tertiary/aromatic N) is 3. The minimum atomic E-state index is -0.181. The van der Waals surface area contributed by atoms with Crippen LogP contribution in [0.3, 0.4) is 0 Å². The van der Waals surface area contributed by atoms with Crippen molar-refractivity contribution in [1.29, 1.82) is 0 Å². The summed E-state index contributed by atoms with van der Waals surface area (Å²) in [5.41, 5.74) is 2.36. The number of nitrogens with one attached hydrogen (secondary N) is 1. The Balaban J connectivity index is 1.91. The zero-order valence-corrected chi connectivity index (χ0v) is 17.2. The summed E-state index contributed by atoms with van der Waals surface area (Å²) < 4.78 is 1.72. The zero-order valence-electron chi connectivity index (χ0n) is 16.5. The van der Waals surface area contributed by atoms with Crippen LogP contribution >= 0.6 is 11.6 Å². The average molecular weight is 405 g/mol. The van der Waals surface area contributed by atoms with Gasteiger partial charge in [0.05, 0.1) is 16.5 Å². The maximum atomic E-state index is 13.5. The van der Waals surface area contributed by atoms with Gasteiger partial charge in [0.1, 0.15) is 11.6 Å². The molecule has 2 aromatic carbocycles. The Morgan fingerprint density at radius 2 is 1.76 bits per heavy atom. The van der Waals surface area contributed by atoms with Gasteiger partial charge in [-0.2, -0.15) is 0 Å². The number of aromatic nitrogens is 3. The topological polar surface area (TPSA) is 59.8 Å². The molecule has 0 unspecified atom stereocenters. The summed E-state index contributed by atoms with van der Waals surface area (Å²) in [6.45, 7) is 5.81. The first kappa shape index (κ1) is 19.2. The van der Waals surface area contributed by atoms with Crippen molar-refractivity contribution in [2.45, 2.75) is 26.8 Å². The number of aryl methyl sites for hydroxylation is 2. The van der Waals surface area contributed by atoms with E-state index >= 15 is 0 Å². The van der Waals surface area contributed by atoms with Crippen LogP contribution in [0, 0.1) is 13.8 Å². The molecule has 0 saturated heterocycles. The third-order valence-corrected chi connectivity index (χ3v) is 5.13. The van der Waals surface area contributed by atoms with Crippen LogP contribution in [0.5, 0.6) is 0 Å². The minimum absolute atomic E-state index is 0.141. The van der Waals surface area contributed by atoms with Crippen molar-refractivity contribution in [3.8, 4) is 5.69 Å². The van der Waals surface area contributed by atoms with E-state index < -0.39 is 0 Å². The molecule has 0 fully saturated rings. The van der Waals surface area contributed by atoms with Gasteiger partial charge in [-0.25, -0.2) is 9.97 Å². The highest BCUT2D eigenvalue weighted by Crippen LogP contribution is 2.27. The molecular formula is C23H21ClN4O. The van der Waals surface area contributed by atoms with E-state index in [0.717, 1.165) is 28.3 Å². The molecule has 5 nitrogen and oxygen atoms in total. The Morgan fingerprint density at radius 3 is 2.48 bits per heavy atom. The van der Waals surface area contributed by atoms with Gasteiger partial charge < -0.3 is 5.32 Å². The van der Waals surface area contributed by atoms with Crippen molar-refractivity contribution in [1.82, 2.24) is 14.5 Å². The number of para-hydroxylation sites is 1. The first-order chi connectivity index (χ1) is 13.9. The Kier molecular flexibility index (Phi) is 5.07. The Bertz CT molecular complexity index is 1230. The van der Waals surface area contributed by atoms with Crippen LogP contribution in [0.15, 0.2) is 65.5 Å². The number of fused-ring (bicyclic) bond motifs is 1. The molecule has 4 aromatic rings. The van der Waals surface area contributed by atoms with Gasteiger partial charge in [-0.3, -0.25) is 9.36 Å². The van der Waals surface area contributed by atoms with Gasteiger partial charge in [-0.1, -0.05) is 41.9 Å². The van der Waals surface area contributed by atoms with E-state index in [1.165, 1.54) is 0 Å². The van der Waals surface area contributed by atoms with Crippen molar-refractivity contribution in [3.05, 3.63) is 93.3 Å². The van der Waals surface area contributed by atoms with E-state index in [4.69, 9.17) is 11.6 Å². The second-order valence-corrected chi connectivity index (χ2v) is 7.46. The summed E-state index contributed by atoms with van der Waals surface area (Å²) in [5, 5.41) is 5.19. The second kappa shape index (κ2) is 7.68. The maximum Gasteiger partial charge on any atom is 0.264 e. The van der Waals surface area contributed by atoms with Crippen LogP contribution in [0.4, 0.5) is 5.82 Å². The van der Waals surface area contributed by atoms with E-state index in [-0.39, 0.29) is 11.6 Å². The van der Waals surface area contributed by atoms with E-state index in [0.29, 0.717) is 16.2 Å². The van der Waals surface area contributed by atoms with Crippen LogP contribution < -0.4 is 10.9 Å². The molecule has 6 heteroatoms. The SMILES string of the molecule is Cc1cc(N[C@@H](C)c2cc3cccc(Cl)c3c(=O)n2-c2ccccc2)nc(C)n1. The van der Waals surface area contributed by atoms with Gasteiger partial charge in [0, 0.05) is 23.1 Å². The summed E-state index contributed by atoms with van der Waals surface area (Å²) in [4.78, 5) is 22.3. The first-order valence-electron chi connectivity index (χ1n) is 9.42. The van der Waals surface area contributed by atoms with Gasteiger partial charge in [0.2, 0.25) is 0 Å². The summed E-state index contributed by atoms with van der Waals surface area (Å²) >= 11 is 6.37. The first-order valence-corrected chi connectivity index (χ1v) is 9.80. The predicted molar refractivity (Wildman–Crippen MR) is 118 cm³/mol. The molecule has 0 aliphatic heterocycles. The van der Waals surface area contributed by atoms with Crippen molar-refractivity contribution >= 4 is 28.2 Å². The molecule has 146 valence electrons. The molecule has 2 heterocycles. The van der Waals surface area contributed by atoms with E-state index in [1.807, 2.05) is 75.4 Å². The molecule has 0 aliphatic rings. The standard InChI is InChI=1S/C23H21ClN4O/c1-14-12-21(27-16(3)25-14)26-15(2)20-13-17-8-7-11-19(24)22(17)23(29)28(20)18-9-5-4-6-10-18/h4-13,15H,1-3H3,(H,25,26,27)/t15-/m0/s1. The number of hydrogen-bond acceptors (Lipinski definition) is 4. The highest BCUT2D eigenvalue weighted by molar-refractivity contribution is 6.35. The summed E-state index contributed by atoms with van der Waals surface area (Å²) in [5.74, 6) is 1.42. The van der Waals surface area contributed by atoms with Crippen LogP contribution in [-0.2, 0) is 0 Å². The number of rotatable bonds is 4. The second-order valence-electron chi connectivity index (χ2n) is 7.06. The highest BCUT2D eigenvalue weighted by atomic mass is 35.5. The molecule has 0 saturated carbocycles. The fourth-order valence-corrected chi connectivity index (χ4v) is 3.85. The molecule has 0 bridgehead atoms. The number of halogens is 1. The van der Waals surface area contributed by atoms with Crippen molar-refractivity contribution < 1.29 is 0 Å². The monoisotopic (exact) mass is 404 g/mol. The maximum absolute atomic E-state index is 13.5. The number of anilines is 1. The van der Waals surface area contributed by atoms with Crippen molar-refractivity contribution in [2.24, 2.45) is 0 Å². The minimum Gasteiger partial charge on any atom is -0.362 e. The third kappa shape index (κ3) is 3.74. The lowest BCUT2D eigenvalue weighted by Crippen LogP contribution is -2.25. The Labute approximate surface area is 174 Å². The van der Waals surface area contributed by atoms with E-state index in [2.05, 4.69) is 15.3 Å². The third-order valence-electron chi connectivity index (χ3n) is 4.81. The van der Waals surface area contributed by atoms with Crippen LogP contribution in [0.1, 0.15) is 30.2 Å². The highest BCUT2D eigenvalue weighted by Gasteiger charge is 2.18. The molecule has 2 aromatic heterocycles. The lowest BCUT2D eigenvalue weighted by Gasteiger charge is -2.22. The van der Waals surface area contributed by atoms with Crippen molar-refractivity contribution in [2.75, 3.05) is 5.32 Å². The summed E-state index contributed by atoms with van der Waals surface area (Å²) in [6.07, 6.45) is 0. The number of pyridine rings is 1. The van der Waals surface area contributed by atoms with E-state index in [9.17, 15) is 4.79 Å². The van der Waals surface area contributed by atoms with Gasteiger partial charge >= 0.3 is 0 Å². The molecule has 4 rings (SSSR count). The molecular weight excluding hydrogens is 384 g/mol. The molecule has 0 amide bonds. The number of benzene rings is 2. The molecule has 1 N–H and O–H groups in total. The van der Waals surface area contributed by atoms with Crippen LogP contribution in [0.2, 0.25) is 5.02 Å². The lowest BCUT2D eigenvalue weighted by atomic mass is 10.1. The predicted octanol–water partition coefficient (Wildman–Crippen LogP) is 5.22. The lowest BCUT2D eigenvalue weighted by molar-refractivity contribution is 0.771. The zero-order chi connectivity index (χ0) is 20.5. The molecule has 0 spiro atoms. The smallest absolute Gasteiger partial charge is 0.264 e. The van der Waals surface area contributed by atoms with Gasteiger partial charge in [0.15, 0.2) is 0 Å². The molecule has 0 aliphatic carbocycles.